The van der Waals surface area contributed by atoms with Crippen LogP contribution in [0.3, 0.4) is 0 Å². The first-order valence-electron chi connectivity index (χ1n) is 5.70. The average Bonchev–Trinajstić information content (AvgIpc) is 2.44. The number of nitrogens with zero attached hydrogens (tertiary/aromatic N) is 2. The summed E-state index contributed by atoms with van der Waals surface area (Å²) in [5, 5.41) is 14.6. The third kappa shape index (κ3) is 2.33. The first-order valence-corrected chi connectivity index (χ1v) is 5.70. The Hall–Kier alpha value is -0.990. The van der Waals surface area contributed by atoms with Crippen LogP contribution in [0, 0.1) is 0 Å². The summed E-state index contributed by atoms with van der Waals surface area (Å²) in [7, 11) is 0. The van der Waals surface area contributed by atoms with Crippen LogP contribution in [0.4, 0.5) is 0 Å². The Kier molecular flexibility index (Phi) is 3.42. The maximum Gasteiger partial charge on any atom is 0.160 e. The zero-order chi connectivity index (χ0) is 11.6. The van der Waals surface area contributed by atoms with E-state index in [0.29, 0.717) is 5.75 Å². The molecular formula is C12H22N2O. The minimum atomic E-state index is -0.0903. The molecule has 0 fully saturated rings. The number of aryl methyl sites for hydroxylation is 1. The summed E-state index contributed by atoms with van der Waals surface area (Å²) in [6.45, 7) is 11.2. The second-order valence-electron chi connectivity index (χ2n) is 4.96. The smallest absolute Gasteiger partial charge is 0.160 e. The first kappa shape index (κ1) is 12.1. The van der Waals surface area contributed by atoms with Crippen molar-refractivity contribution in [3.63, 3.8) is 0 Å². The lowest BCUT2D eigenvalue weighted by molar-refractivity contribution is 0.439. The molecule has 3 heteroatoms. The number of rotatable bonds is 3. The summed E-state index contributed by atoms with van der Waals surface area (Å²) >= 11 is 0. The number of hydrogen-bond donors (Lipinski definition) is 1. The van der Waals surface area contributed by atoms with Crippen LogP contribution in [0.2, 0.25) is 0 Å². The Labute approximate surface area is 92.1 Å². The Morgan fingerprint density at radius 3 is 2.27 bits per heavy atom. The van der Waals surface area contributed by atoms with Gasteiger partial charge in [0.25, 0.3) is 0 Å². The van der Waals surface area contributed by atoms with Gasteiger partial charge in [-0.2, -0.15) is 5.10 Å². The van der Waals surface area contributed by atoms with Crippen molar-refractivity contribution < 1.29 is 5.11 Å². The summed E-state index contributed by atoms with van der Waals surface area (Å²) in [6, 6.07) is 0. The fourth-order valence-corrected chi connectivity index (χ4v) is 1.74. The molecule has 86 valence electrons. The van der Waals surface area contributed by atoms with Gasteiger partial charge in [0.2, 0.25) is 0 Å². The van der Waals surface area contributed by atoms with Gasteiger partial charge in [-0.15, -0.1) is 0 Å². The van der Waals surface area contributed by atoms with E-state index in [1.165, 1.54) is 0 Å². The maximum absolute atomic E-state index is 10.1. The second-order valence-corrected chi connectivity index (χ2v) is 4.96. The summed E-state index contributed by atoms with van der Waals surface area (Å²) < 4.78 is 1.92. The molecule has 0 saturated heterocycles. The molecule has 0 aliphatic carbocycles. The molecule has 0 aliphatic heterocycles. The van der Waals surface area contributed by atoms with Crippen LogP contribution in [0.25, 0.3) is 0 Å². The normalized spacial score (nSPS) is 12.1. The van der Waals surface area contributed by atoms with Gasteiger partial charge < -0.3 is 5.11 Å². The van der Waals surface area contributed by atoms with Crippen molar-refractivity contribution in [1.82, 2.24) is 9.78 Å². The van der Waals surface area contributed by atoms with Crippen LogP contribution in [-0.2, 0) is 18.4 Å². The highest BCUT2D eigenvalue weighted by atomic mass is 16.3. The van der Waals surface area contributed by atoms with E-state index in [9.17, 15) is 5.11 Å². The van der Waals surface area contributed by atoms with Crippen LogP contribution in [0.5, 0.6) is 5.75 Å². The lowest BCUT2D eigenvalue weighted by Crippen LogP contribution is -2.13. The van der Waals surface area contributed by atoms with Crippen molar-refractivity contribution in [2.75, 3.05) is 0 Å². The monoisotopic (exact) mass is 210 g/mol. The topological polar surface area (TPSA) is 38.1 Å². The standard InChI is InChI=1S/C12H22N2O/c1-6-8-9-10(15)11(12(3,4)5)13-14(9)7-2/h15H,6-8H2,1-5H3. The zero-order valence-corrected chi connectivity index (χ0v) is 10.5. The molecule has 0 aliphatic rings. The van der Waals surface area contributed by atoms with Gasteiger partial charge >= 0.3 is 0 Å². The Morgan fingerprint density at radius 1 is 1.27 bits per heavy atom. The van der Waals surface area contributed by atoms with Crippen LogP contribution >= 0.6 is 0 Å². The highest BCUT2D eigenvalue weighted by molar-refractivity contribution is 5.36. The summed E-state index contributed by atoms with van der Waals surface area (Å²) in [4.78, 5) is 0. The van der Waals surface area contributed by atoms with Gasteiger partial charge in [-0.05, 0) is 13.3 Å². The Bertz CT molecular complexity index is 334. The van der Waals surface area contributed by atoms with E-state index >= 15 is 0 Å². The molecule has 0 bridgehead atoms. The third-order valence-electron chi connectivity index (χ3n) is 2.53. The molecule has 1 aromatic rings. The molecule has 1 N–H and O–H groups in total. The molecule has 0 saturated carbocycles. The number of aromatic hydroxyl groups is 1. The molecule has 0 radical (unpaired) electrons. The highest BCUT2D eigenvalue weighted by Crippen LogP contribution is 2.32. The molecule has 15 heavy (non-hydrogen) atoms. The summed E-state index contributed by atoms with van der Waals surface area (Å²) in [5.74, 6) is 0.395. The Balaban J connectivity index is 3.22. The third-order valence-corrected chi connectivity index (χ3v) is 2.53. The van der Waals surface area contributed by atoms with Crippen molar-refractivity contribution >= 4 is 0 Å². The molecule has 0 unspecified atom stereocenters. The molecule has 1 aromatic heterocycles. The quantitative estimate of drug-likeness (QED) is 0.833. The molecule has 0 amide bonds. The first-order chi connectivity index (χ1) is 6.91. The van der Waals surface area contributed by atoms with Gasteiger partial charge in [-0.1, -0.05) is 34.1 Å². The van der Waals surface area contributed by atoms with Crippen molar-refractivity contribution in [2.45, 2.75) is 59.4 Å². The van der Waals surface area contributed by atoms with Gasteiger partial charge in [-0.25, -0.2) is 0 Å². The van der Waals surface area contributed by atoms with Crippen molar-refractivity contribution in [1.29, 1.82) is 0 Å². The average molecular weight is 210 g/mol. The predicted molar refractivity (Wildman–Crippen MR) is 62.3 cm³/mol. The van der Waals surface area contributed by atoms with Gasteiger partial charge in [0.15, 0.2) is 5.75 Å². The van der Waals surface area contributed by atoms with Gasteiger partial charge in [0.05, 0.1) is 5.69 Å². The van der Waals surface area contributed by atoms with Crippen LogP contribution in [-0.4, -0.2) is 14.9 Å². The zero-order valence-electron chi connectivity index (χ0n) is 10.5. The lowest BCUT2D eigenvalue weighted by atomic mass is 9.91. The van der Waals surface area contributed by atoms with E-state index in [4.69, 9.17) is 0 Å². The van der Waals surface area contributed by atoms with Crippen LogP contribution in [0.15, 0.2) is 0 Å². The van der Waals surface area contributed by atoms with Crippen LogP contribution in [0.1, 0.15) is 52.4 Å². The molecule has 1 heterocycles. The van der Waals surface area contributed by atoms with E-state index < -0.39 is 0 Å². The fraction of sp³-hybridized carbons (Fsp3) is 0.750. The minimum absolute atomic E-state index is 0.0903. The van der Waals surface area contributed by atoms with Gasteiger partial charge in [-0.3, -0.25) is 4.68 Å². The molecule has 0 spiro atoms. The lowest BCUT2D eigenvalue weighted by Gasteiger charge is -2.15. The van der Waals surface area contributed by atoms with E-state index in [-0.39, 0.29) is 5.41 Å². The van der Waals surface area contributed by atoms with Crippen LogP contribution < -0.4 is 0 Å². The van der Waals surface area contributed by atoms with E-state index in [2.05, 4.69) is 39.7 Å². The van der Waals surface area contributed by atoms with E-state index in [0.717, 1.165) is 30.8 Å². The van der Waals surface area contributed by atoms with Crippen molar-refractivity contribution in [3.8, 4) is 5.75 Å². The van der Waals surface area contributed by atoms with E-state index in [1.54, 1.807) is 0 Å². The molecular weight excluding hydrogens is 188 g/mol. The highest BCUT2D eigenvalue weighted by Gasteiger charge is 2.25. The van der Waals surface area contributed by atoms with Gasteiger partial charge in [0.1, 0.15) is 5.69 Å². The maximum atomic E-state index is 10.1. The second kappa shape index (κ2) is 4.25. The predicted octanol–water partition coefficient (Wildman–Crippen LogP) is 2.86. The molecule has 0 aromatic carbocycles. The SMILES string of the molecule is CCCc1c(O)c(C(C)(C)C)nn1CC. The largest absolute Gasteiger partial charge is 0.504 e. The molecule has 0 atom stereocenters. The number of aromatic nitrogens is 2. The molecule has 1 rings (SSSR count). The fourth-order valence-electron chi connectivity index (χ4n) is 1.74. The number of hydrogen-bond acceptors (Lipinski definition) is 2. The van der Waals surface area contributed by atoms with Crippen molar-refractivity contribution in [3.05, 3.63) is 11.4 Å². The minimum Gasteiger partial charge on any atom is -0.504 e. The van der Waals surface area contributed by atoms with E-state index in [1.807, 2.05) is 4.68 Å². The summed E-state index contributed by atoms with van der Waals surface area (Å²) in [5.41, 5.74) is 1.70. The van der Waals surface area contributed by atoms with Gasteiger partial charge in [0, 0.05) is 12.0 Å². The van der Waals surface area contributed by atoms with Crippen molar-refractivity contribution in [2.24, 2.45) is 0 Å². The summed E-state index contributed by atoms with van der Waals surface area (Å²) in [6.07, 6.45) is 1.92. The molecule has 3 nitrogen and oxygen atoms in total. The Morgan fingerprint density at radius 2 is 1.87 bits per heavy atom.